The lowest BCUT2D eigenvalue weighted by Crippen LogP contribution is -2.33. The zero-order valence-electron chi connectivity index (χ0n) is 14.4. The molecule has 3 aromatic rings. The first-order chi connectivity index (χ1) is 12.1. The Morgan fingerprint density at radius 2 is 1.92 bits per heavy atom. The van der Waals surface area contributed by atoms with E-state index in [9.17, 15) is 4.79 Å². The van der Waals surface area contributed by atoms with Crippen molar-refractivity contribution in [3.05, 3.63) is 75.9 Å². The van der Waals surface area contributed by atoms with E-state index in [4.69, 9.17) is 9.15 Å². The minimum absolute atomic E-state index is 0.00891. The maximum absolute atomic E-state index is 12.7. The SMILES string of the molecule is Cc1cc(C)cc(OCC(=O)N(Cc2ccco2)Cc2cccs2)c1. The predicted molar refractivity (Wildman–Crippen MR) is 98.7 cm³/mol. The van der Waals surface area contributed by atoms with Gasteiger partial charge >= 0.3 is 0 Å². The number of ether oxygens (including phenoxy) is 1. The van der Waals surface area contributed by atoms with Crippen molar-refractivity contribution in [3.8, 4) is 5.75 Å². The lowest BCUT2D eigenvalue weighted by Gasteiger charge is -2.21. The second-order valence-electron chi connectivity index (χ2n) is 6.02. The Labute approximate surface area is 151 Å². The molecule has 0 radical (unpaired) electrons. The number of furan rings is 1. The molecule has 2 aromatic heterocycles. The van der Waals surface area contributed by atoms with Crippen molar-refractivity contribution in [2.45, 2.75) is 26.9 Å². The number of carbonyl (C=O) groups is 1. The predicted octanol–water partition coefficient (Wildman–Crippen LogP) is 4.57. The average molecular weight is 355 g/mol. The van der Waals surface area contributed by atoms with Crippen LogP contribution < -0.4 is 4.74 Å². The largest absolute Gasteiger partial charge is 0.484 e. The van der Waals surface area contributed by atoms with Gasteiger partial charge in [0.2, 0.25) is 0 Å². The van der Waals surface area contributed by atoms with Crippen LogP contribution in [0.1, 0.15) is 21.8 Å². The second kappa shape index (κ2) is 8.03. The molecule has 4 nitrogen and oxygen atoms in total. The van der Waals surface area contributed by atoms with E-state index >= 15 is 0 Å². The van der Waals surface area contributed by atoms with Crippen molar-refractivity contribution in [2.75, 3.05) is 6.61 Å². The molecule has 2 heterocycles. The van der Waals surface area contributed by atoms with E-state index < -0.39 is 0 Å². The van der Waals surface area contributed by atoms with Gasteiger partial charge in [-0.05, 0) is 60.7 Å². The van der Waals surface area contributed by atoms with Gasteiger partial charge in [0.05, 0.1) is 19.4 Å². The van der Waals surface area contributed by atoms with Gasteiger partial charge in [-0.15, -0.1) is 11.3 Å². The molecule has 0 bridgehead atoms. The molecule has 0 saturated carbocycles. The molecular weight excluding hydrogens is 334 g/mol. The topological polar surface area (TPSA) is 42.7 Å². The van der Waals surface area contributed by atoms with E-state index in [0.717, 1.165) is 27.5 Å². The van der Waals surface area contributed by atoms with Crippen LogP contribution in [0.5, 0.6) is 5.75 Å². The van der Waals surface area contributed by atoms with Gasteiger partial charge in [0.1, 0.15) is 11.5 Å². The summed E-state index contributed by atoms with van der Waals surface area (Å²) in [4.78, 5) is 15.6. The zero-order valence-corrected chi connectivity index (χ0v) is 15.2. The molecular formula is C20H21NO3S. The summed E-state index contributed by atoms with van der Waals surface area (Å²) in [5.74, 6) is 1.42. The molecule has 0 unspecified atom stereocenters. The van der Waals surface area contributed by atoms with E-state index in [-0.39, 0.29) is 12.5 Å². The summed E-state index contributed by atoms with van der Waals surface area (Å²) in [7, 11) is 0. The number of rotatable bonds is 7. The molecule has 1 amide bonds. The lowest BCUT2D eigenvalue weighted by molar-refractivity contribution is -0.134. The smallest absolute Gasteiger partial charge is 0.261 e. The van der Waals surface area contributed by atoms with Crippen LogP contribution in [0, 0.1) is 13.8 Å². The first kappa shape index (κ1) is 17.3. The van der Waals surface area contributed by atoms with Crippen molar-refractivity contribution in [1.82, 2.24) is 4.90 Å². The highest BCUT2D eigenvalue weighted by Gasteiger charge is 2.17. The molecule has 0 aliphatic heterocycles. The molecule has 5 heteroatoms. The summed E-state index contributed by atoms with van der Waals surface area (Å²) >= 11 is 1.63. The molecule has 0 aliphatic rings. The number of aryl methyl sites for hydroxylation is 2. The van der Waals surface area contributed by atoms with Gasteiger partial charge in [-0.2, -0.15) is 0 Å². The van der Waals surface area contributed by atoms with Gasteiger partial charge < -0.3 is 14.1 Å². The normalized spacial score (nSPS) is 10.6. The third-order valence-electron chi connectivity index (χ3n) is 3.76. The molecule has 0 saturated heterocycles. The Balaban J connectivity index is 1.67. The highest BCUT2D eigenvalue weighted by molar-refractivity contribution is 7.09. The number of nitrogens with zero attached hydrogens (tertiary/aromatic N) is 1. The van der Waals surface area contributed by atoms with Gasteiger partial charge in [0, 0.05) is 4.88 Å². The van der Waals surface area contributed by atoms with Crippen LogP contribution in [0.3, 0.4) is 0 Å². The van der Waals surface area contributed by atoms with Crippen molar-refractivity contribution in [2.24, 2.45) is 0 Å². The van der Waals surface area contributed by atoms with Crippen molar-refractivity contribution in [1.29, 1.82) is 0 Å². The number of thiophene rings is 1. The number of amides is 1. The third-order valence-corrected chi connectivity index (χ3v) is 4.62. The number of hydrogen-bond donors (Lipinski definition) is 0. The minimum Gasteiger partial charge on any atom is -0.484 e. The lowest BCUT2D eigenvalue weighted by atomic mass is 10.1. The van der Waals surface area contributed by atoms with Gasteiger partial charge in [0.15, 0.2) is 6.61 Å². The third kappa shape index (κ3) is 4.97. The highest BCUT2D eigenvalue weighted by Crippen LogP contribution is 2.18. The summed E-state index contributed by atoms with van der Waals surface area (Å²) < 4.78 is 11.1. The van der Waals surface area contributed by atoms with Crippen LogP contribution in [0.4, 0.5) is 0 Å². The molecule has 130 valence electrons. The molecule has 0 aliphatic carbocycles. The Kier molecular flexibility index (Phi) is 5.56. The zero-order chi connectivity index (χ0) is 17.6. The monoisotopic (exact) mass is 355 g/mol. The van der Waals surface area contributed by atoms with Crippen LogP contribution in [-0.2, 0) is 17.9 Å². The molecule has 0 N–H and O–H groups in total. The van der Waals surface area contributed by atoms with Gasteiger partial charge in [-0.3, -0.25) is 4.79 Å². The van der Waals surface area contributed by atoms with Crippen LogP contribution in [0.25, 0.3) is 0 Å². The summed E-state index contributed by atoms with van der Waals surface area (Å²) in [6, 6.07) is 13.7. The highest BCUT2D eigenvalue weighted by atomic mass is 32.1. The van der Waals surface area contributed by atoms with Crippen molar-refractivity contribution < 1.29 is 13.9 Å². The fourth-order valence-electron chi connectivity index (χ4n) is 2.67. The van der Waals surface area contributed by atoms with Gasteiger partial charge in [-0.1, -0.05) is 12.1 Å². The van der Waals surface area contributed by atoms with Crippen molar-refractivity contribution in [3.63, 3.8) is 0 Å². The Morgan fingerprint density at radius 1 is 1.12 bits per heavy atom. The Bertz CT molecular complexity index is 753. The summed E-state index contributed by atoms with van der Waals surface area (Å²) in [5.41, 5.74) is 2.24. The van der Waals surface area contributed by atoms with Crippen LogP contribution in [0.2, 0.25) is 0 Å². The Hall–Kier alpha value is -2.53. The molecule has 25 heavy (non-hydrogen) atoms. The molecule has 0 fully saturated rings. The molecule has 1 aromatic carbocycles. The molecule has 0 spiro atoms. The van der Waals surface area contributed by atoms with E-state index in [0.29, 0.717) is 13.1 Å². The van der Waals surface area contributed by atoms with E-state index in [2.05, 4.69) is 6.07 Å². The van der Waals surface area contributed by atoms with E-state index in [1.165, 1.54) is 0 Å². The van der Waals surface area contributed by atoms with Crippen LogP contribution in [0.15, 0.2) is 58.5 Å². The van der Waals surface area contributed by atoms with Crippen LogP contribution in [-0.4, -0.2) is 17.4 Å². The van der Waals surface area contributed by atoms with Crippen molar-refractivity contribution >= 4 is 17.2 Å². The maximum atomic E-state index is 12.7. The second-order valence-corrected chi connectivity index (χ2v) is 7.05. The minimum atomic E-state index is -0.0658. The van der Waals surface area contributed by atoms with Gasteiger partial charge in [0.25, 0.3) is 5.91 Å². The fraction of sp³-hybridized carbons (Fsp3) is 0.250. The number of carbonyl (C=O) groups excluding carboxylic acids is 1. The quantitative estimate of drug-likeness (QED) is 0.624. The fourth-order valence-corrected chi connectivity index (χ4v) is 3.39. The summed E-state index contributed by atoms with van der Waals surface area (Å²) in [6.45, 7) is 5.02. The Morgan fingerprint density at radius 3 is 2.56 bits per heavy atom. The summed E-state index contributed by atoms with van der Waals surface area (Å²) in [6.07, 6.45) is 1.62. The van der Waals surface area contributed by atoms with Gasteiger partial charge in [-0.25, -0.2) is 0 Å². The average Bonchev–Trinajstić information content (AvgIpc) is 3.25. The summed E-state index contributed by atoms with van der Waals surface area (Å²) in [5, 5.41) is 2.01. The molecule has 3 rings (SSSR count). The standard InChI is InChI=1S/C20H21NO3S/c1-15-9-16(2)11-18(10-15)24-14-20(22)21(12-17-5-3-7-23-17)13-19-6-4-8-25-19/h3-11H,12-14H2,1-2H3. The maximum Gasteiger partial charge on any atom is 0.261 e. The number of hydrogen-bond acceptors (Lipinski definition) is 4. The molecule has 0 atom stereocenters. The van der Waals surface area contributed by atoms with Crippen LogP contribution >= 0.6 is 11.3 Å². The van der Waals surface area contributed by atoms with E-state index in [1.54, 1.807) is 22.5 Å². The number of benzene rings is 1. The van der Waals surface area contributed by atoms with E-state index in [1.807, 2.05) is 55.6 Å². The first-order valence-corrected chi connectivity index (χ1v) is 9.02. The first-order valence-electron chi connectivity index (χ1n) is 8.14.